The summed E-state index contributed by atoms with van der Waals surface area (Å²) >= 11 is 0. The van der Waals surface area contributed by atoms with Crippen LogP contribution in [0.3, 0.4) is 0 Å². The summed E-state index contributed by atoms with van der Waals surface area (Å²) < 4.78 is 4.96. The Hall–Kier alpha value is -2.16. The van der Waals surface area contributed by atoms with Gasteiger partial charge < -0.3 is 4.42 Å². The van der Waals surface area contributed by atoms with Crippen LogP contribution in [0.1, 0.15) is 23.0 Å². The second-order valence-electron chi connectivity index (χ2n) is 3.83. The molecule has 0 amide bonds. The van der Waals surface area contributed by atoms with Crippen molar-refractivity contribution in [1.82, 2.24) is 0 Å². The Morgan fingerprint density at radius 1 is 1.18 bits per heavy atom. The predicted octanol–water partition coefficient (Wildman–Crippen LogP) is 2.82. The molecule has 0 radical (unpaired) electrons. The van der Waals surface area contributed by atoms with Crippen LogP contribution < -0.4 is 5.63 Å². The second-order valence-corrected chi connectivity index (χ2v) is 3.83. The first kappa shape index (κ1) is 11.3. The van der Waals surface area contributed by atoms with Gasteiger partial charge in [-0.05, 0) is 19.4 Å². The molecule has 1 aromatic carbocycles. The molecule has 0 N–H and O–H groups in total. The third kappa shape index (κ3) is 2.18. The van der Waals surface area contributed by atoms with E-state index in [1.807, 2.05) is 30.3 Å². The van der Waals surface area contributed by atoms with Gasteiger partial charge in [-0.15, -0.1) is 0 Å². The van der Waals surface area contributed by atoms with Crippen molar-refractivity contribution in [2.75, 3.05) is 0 Å². The molecule has 1 heterocycles. The molecule has 2 aromatic rings. The van der Waals surface area contributed by atoms with E-state index in [4.69, 9.17) is 4.42 Å². The van der Waals surface area contributed by atoms with E-state index in [0.29, 0.717) is 16.9 Å². The molecule has 3 nitrogen and oxygen atoms in total. The highest BCUT2D eigenvalue weighted by Gasteiger charge is 2.15. The van der Waals surface area contributed by atoms with E-state index < -0.39 is 5.63 Å². The first-order valence-electron chi connectivity index (χ1n) is 5.30. The average Bonchev–Trinajstić information content (AvgIpc) is 2.28. The topological polar surface area (TPSA) is 47.3 Å². The lowest BCUT2D eigenvalue weighted by Crippen LogP contribution is -2.07. The Morgan fingerprint density at radius 3 is 2.41 bits per heavy atom. The summed E-state index contributed by atoms with van der Waals surface area (Å²) in [7, 11) is 0. The van der Waals surface area contributed by atoms with E-state index in [9.17, 15) is 9.59 Å². The van der Waals surface area contributed by atoms with Crippen molar-refractivity contribution >= 4 is 5.78 Å². The number of rotatable bonds is 2. The van der Waals surface area contributed by atoms with Gasteiger partial charge in [0.05, 0.1) is 5.56 Å². The molecule has 0 bridgehead atoms. The Bertz CT molecular complexity index is 609. The summed E-state index contributed by atoms with van der Waals surface area (Å²) in [5.41, 5.74) is 1.50. The molecule has 17 heavy (non-hydrogen) atoms. The number of benzene rings is 1. The van der Waals surface area contributed by atoms with Gasteiger partial charge in [-0.3, -0.25) is 4.79 Å². The normalized spacial score (nSPS) is 10.2. The van der Waals surface area contributed by atoms with Gasteiger partial charge in [0.2, 0.25) is 0 Å². The fourth-order valence-electron chi connectivity index (χ4n) is 1.89. The van der Waals surface area contributed by atoms with Crippen molar-refractivity contribution in [3.63, 3.8) is 0 Å². The number of hydrogen-bond acceptors (Lipinski definition) is 3. The van der Waals surface area contributed by atoms with Crippen molar-refractivity contribution in [2.24, 2.45) is 0 Å². The number of carbonyl (C=O) groups is 1. The van der Waals surface area contributed by atoms with Crippen LogP contribution in [0.4, 0.5) is 0 Å². The van der Waals surface area contributed by atoms with Gasteiger partial charge in [-0.25, -0.2) is 4.79 Å². The number of hydrogen-bond donors (Lipinski definition) is 0. The first-order valence-corrected chi connectivity index (χ1v) is 5.30. The lowest BCUT2D eigenvalue weighted by atomic mass is 9.98. The maximum Gasteiger partial charge on any atom is 0.336 e. The molecular formula is C14H12O3. The van der Waals surface area contributed by atoms with E-state index >= 15 is 0 Å². The molecule has 0 fully saturated rings. The smallest absolute Gasteiger partial charge is 0.336 e. The summed E-state index contributed by atoms with van der Waals surface area (Å²) in [5.74, 6) is 0.258. The van der Waals surface area contributed by atoms with Crippen molar-refractivity contribution in [2.45, 2.75) is 13.8 Å². The first-order chi connectivity index (χ1) is 8.09. The zero-order chi connectivity index (χ0) is 12.4. The van der Waals surface area contributed by atoms with Gasteiger partial charge >= 0.3 is 5.63 Å². The Kier molecular flexibility index (Phi) is 2.91. The summed E-state index contributed by atoms with van der Waals surface area (Å²) in [6.07, 6.45) is 0. The summed E-state index contributed by atoms with van der Waals surface area (Å²) in [4.78, 5) is 23.0. The minimum atomic E-state index is -0.439. The molecule has 1 aromatic heterocycles. The fourth-order valence-corrected chi connectivity index (χ4v) is 1.89. The maximum atomic E-state index is 11.6. The highest BCUT2D eigenvalue weighted by atomic mass is 16.4. The molecule has 0 unspecified atom stereocenters. The Balaban J connectivity index is 2.77. The zero-order valence-corrected chi connectivity index (χ0v) is 9.69. The molecule has 0 spiro atoms. The number of aryl methyl sites for hydroxylation is 1. The van der Waals surface area contributed by atoms with Gasteiger partial charge in [0, 0.05) is 11.6 Å². The zero-order valence-electron chi connectivity index (χ0n) is 9.69. The van der Waals surface area contributed by atoms with Crippen LogP contribution in [-0.4, -0.2) is 5.78 Å². The number of Topliss-reactive ketones (excluding diaryl/α,β-unsaturated/α-hetero) is 1. The third-order valence-corrected chi connectivity index (χ3v) is 2.57. The van der Waals surface area contributed by atoms with Gasteiger partial charge in [0.25, 0.3) is 0 Å². The van der Waals surface area contributed by atoms with Crippen molar-refractivity contribution in [1.29, 1.82) is 0 Å². The molecule has 3 heteroatoms. The van der Waals surface area contributed by atoms with Crippen LogP contribution in [-0.2, 0) is 0 Å². The van der Waals surface area contributed by atoms with Gasteiger partial charge in [0.15, 0.2) is 5.78 Å². The molecule has 0 aliphatic rings. The highest BCUT2D eigenvalue weighted by Crippen LogP contribution is 2.24. The third-order valence-electron chi connectivity index (χ3n) is 2.57. The molecule has 0 aliphatic heterocycles. The van der Waals surface area contributed by atoms with Crippen LogP contribution >= 0.6 is 0 Å². The average molecular weight is 228 g/mol. The Morgan fingerprint density at radius 2 is 1.82 bits per heavy atom. The van der Waals surface area contributed by atoms with E-state index in [1.54, 1.807) is 6.92 Å². The summed E-state index contributed by atoms with van der Waals surface area (Å²) in [5, 5.41) is 0. The second kappa shape index (κ2) is 4.37. The van der Waals surface area contributed by atoms with Crippen LogP contribution in [0.25, 0.3) is 11.1 Å². The molecule has 2 rings (SSSR count). The van der Waals surface area contributed by atoms with E-state index in [-0.39, 0.29) is 5.78 Å². The summed E-state index contributed by atoms with van der Waals surface area (Å²) in [6, 6.07) is 10.7. The lowest BCUT2D eigenvalue weighted by molar-refractivity contribution is 0.101. The standard InChI is InChI=1S/C14H12O3/c1-9(15)14-10(2)17-13(16)8-12(14)11-6-4-3-5-7-11/h3-8H,1-2H3. The van der Waals surface area contributed by atoms with E-state index in [2.05, 4.69) is 0 Å². The van der Waals surface area contributed by atoms with Crippen LogP contribution in [0, 0.1) is 6.92 Å². The molecule has 0 saturated carbocycles. The molecular weight excluding hydrogens is 216 g/mol. The van der Waals surface area contributed by atoms with Gasteiger partial charge in [-0.1, -0.05) is 30.3 Å². The Labute approximate surface area is 98.7 Å². The maximum absolute atomic E-state index is 11.6. The highest BCUT2D eigenvalue weighted by molar-refractivity contribution is 6.01. The minimum Gasteiger partial charge on any atom is -0.427 e. The summed E-state index contributed by atoms with van der Waals surface area (Å²) in [6.45, 7) is 3.10. The predicted molar refractivity (Wildman–Crippen MR) is 65.2 cm³/mol. The van der Waals surface area contributed by atoms with Crippen molar-refractivity contribution in [3.8, 4) is 11.1 Å². The number of carbonyl (C=O) groups excluding carboxylic acids is 1. The SMILES string of the molecule is CC(=O)c1c(-c2ccccc2)cc(=O)oc1C. The van der Waals surface area contributed by atoms with Gasteiger partial charge in [-0.2, -0.15) is 0 Å². The largest absolute Gasteiger partial charge is 0.427 e. The fraction of sp³-hybridized carbons (Fsp3) is 0.143. The van der Waals surface area contributed by atoms with E-state index in [1.165, 1.54) is 13.0 Å². The lowest BCUT2D eigenvalue weighted by Gasteiger charge is -2.08. The van der Waals surface area contributed by atoms with Gasteiger partial charge in [0.1, 0.15) is 5.76 Å². The monoisotopic (exact) mass is 228 g/mol. The van der Waals surface area contributed by atoms with Crippen LogP contribution in [0.5, 0.6) is 0 Å². The van der Waals surface area contributed by atoms with Crippen molar-refractivity contribution < 1.29 is 9.21 Å². The number of ketones is 1. The molecule has 0 aliphatic carbocycles. The molecule has 0 saturated heterocycles. The van der Waals surface area contributed by atoms with E-state index in [0.717, 1.165) is 5.56 Å². The molecule has 86 valence electrons. The quantitative estimate of drug-likeness (QED) is 0.742. The van der Waals surface area contributed by atoms with Crippen LogP contribution in [0.2, 0.25) is 0 Å². The van der Waals surface area contributed by atoms with Crippen molar-refractivity contribution in [3.05, 3.63) is 58.1 Å². The minimum absolute atomic E-state index is 0.106. The van der Waals surface area contributed by atoms with Crippen LogP contribution in [0.15, 0.2) is 45.6 Å². The molecule has 0 atom stereocenters.